The molecular formula is C22H25N5O2. The monoisotopic (exact) mass is 391 g/mol. The molecule has 7 nitrogen and oxygen atoms in total. The summed E-state index contributed by atoms with van der Waals surface area (Å²) in [4.78, 5) is 27.1. The number of aromatic nitrogens is 3. The normalized spacial score (nSPS) is 15.8. The number of nitrogens with one attached hydrogen (secondary N) is 1. The molecule has 1 aliphatic heterocycles. The molecule has 1 aliphatic rings. The number of ether oxygens (including phenoxy) is 1. The van der Waals surface area contributed by atoms with Crippen LogP contribution >= 0.6 is 0 Å². The molecule has 3 aromatic rings. The van der Waals surface area contributed by atoms with Gasteiger partial charge in [0.25, 0.3) is 5.91 Å². The van der Waals surface area contributed by atoms with E-state index in [0.717, 1.165) is 24.2 Å². The first kappa shape index (κ1) is 19.1. The Hall–Kier alpha value is -3.19. The molecule has 0 bridgehead atoms. The Morgan fingerprint density at radius 3 is 2.90 bits per heavy atom. The maximum Gasteiger partial charge on any atom is 0.276 e. The number of nitrogens with zero attached hydrogens (tertiary/aromatic N) is 3. The molecule has 1 unspecified atom stereocenters. The van der Waals surface area contributed by atoms with Crippen molar-refractivity contribution in [2.75, 3.05) is 19.7 Å². The Labute approximate surface area is 169 Å². The van der Waals surface area contributed by atoms with Crippen LogP contribution in [0.25, 0.3) is 0 Å². The third-order valence-electron chi connectivity index (χ3n) is 5.19. The lowest BCUT2D eigenvalue weighted by Crippen LogP contribution is -2.39. The van der Waals surface area contributed by atoms with Crippen LogP contribution in [0.1, 0.15) is 39.8 Å². The van der Waals surface area contributed by atoms with Gasteiger partial charge < -0.3 is 20.4 Å². The Morgan fingerprint density at radius 1 is 1.21 bits per heavy atom. The summed E-state index contributed by atoms with van der Waals surface area (Å²) in [5.74, 6) is 0.507. The molecule has 2 aromatic heterocycles. The van der Waals surface area contributed by atoms with E-state index in [1.165, 1.54) is 5.56 Å². The van der Waals surface area contributed by atoms with Crippen molar-refractivity contribution >= 4 is 5.91 Å². The molecule has 3 heterocycles. The standard InChI is InChI=1S/C22H25N5O2/c23-10-12-29-19-7-4-11-24-21(19)22(28)27-13-17(20-18(14-27)25-15-26-20)9-8-16-5-2-1-3-6-16/h1-7,11,15,17H,8-10,12-14,23H2,(H,25,26). The maximum absolute atomic E-state index is 13.3. The van der Waals surface area contributed by atoms with Crippen LogP contribution < -0.4 is 10.5 Å². The number of aromatic amines is 1. The number of H-pyrrole nitrogens is 1. The van der Waals surface area contributed by atoms with Gasteiger partial charge in [-0.25, -0.2) is 9.97 Å². The molecule has 0 radical (unpaired) electrons. The molecule has 150 valence electrons. The van der Waals surface area contributed by atoms with Crippen LogP contribution in [0.3, 0.4) is 0 Å². The summed E-state index contributed by atoms with van der Waals surface area (Å²) >= 11 is 0. The van der Waals surface area contributed by atoms with Crippen LogP contribution in [-0.2, 0) is 13.0 Å². The molecule has 4 rings (SSSR count). The van der Waals surface area contributed by atoms with Gasteiger partial charge in [-0.2, -0.15) is 0 Å². The summed E-state index contributed by atoms with van der Waals surface area (Å²) in [5, 5.41) is 0. The molecular weight excluding hydrogens is 366 g/mol. The minimum atomic E-state index is -0.136. The number of benzene rings is 1. The second kappa shape index (κ2) is 8.87. The minimum absolute atomic E-state index is 0.136. The lowest BCUT2D eigenvalue weighted by atomic mass is 9.91. The average molecular weight is 391 g/mol. The molecule has 3 N–H and O–H groups in total. The van der Waals surface area contributed by atoms with Gasteiger partial charge in [0.1, 0.15) is 6.61 Å². The van der Waals surface area contributed by atoms with Crippen molar-refractivity contribution in [3.05, 3.63) is 77.6 Å². The molecule has 7 heteroatoms. The average Bonchev–Trinajstić information content (AvgIpc) is 3.25. The number of carbonyl (C=O) groups is 1. The molecule has 29 heavy (non-hydrogen) atoms. The molecule has 1 aromatic carbocycles. The quantitative estimate of drug-likeness (QED) is 0.645. The smallest absolute Gasteiger partial charge is 0.276 e. The van der Waals surface area contributed by atoms with Gasteiger partial charge in [-0.3, -0.25) is 4.79 Å². The van der Waals surface area contributed by atoms with Crippen molar-refractivity contribution in [2.45, 2.75) is 25.3 Å². The van der Waals surface area contributed by atoms with Crippen LogP contribution in [0.2, 0.25) is 0 Å². The lowest BCUT2D eigenvalue weighted by molar-refractivity contribution is 0.0700. The Bertz CT molecular complexity index is 957. The highest BCUT2D eigenvalue weighted by Crippen LogP contribution is 2.31. The van der Waals surface area contributed by atoms with Crippen LogP contribution in [0.5, 0.6) is 5.75 Å². The highest BCUT2D eigenvalue weighted by atomic mass is 16.5. The Balaban J connectivity index is 1.52. The summed E-state index contributed by atoms with van der Waals surface area (Å²) in [6.45, 7) is 1.82. The first-order valence-corrected chi connectivity index (χ1v) is 9.89. The van der Waals surface area contributed by atoms with Crippen LogP contribution in [0, 0.1) is 0 Å². The molecule has 0 spiro atoms. The van der Waals surface area contributed by atoms with E-state index in [4.69, 9.17) is 10.5 Å². The highest BCUT2D eigenvalue weighted by molar-refractivity contribution is 5.95. The van der Waals surface area contributed by atoms with Gasteiger partial charge in [0.2, 0.25) is 0 Å². The van der Waals surface area contributed by atoms with E-state index >= 15 is 0 Å². The summed E-state index contributed by atoms with van der Waals surface area (Å²) in [5.41, 5.74) is 9.20. The first-order chi connectivity index (χ1) is 14.3. The van der Waals surface area contributed by atoms with Crippen LogP contribution in [0.15, 0.2) is 55.0 Å². The van der Waals surface area contributed by atoms with Crippen molar-refractivity contribution in [3.8, 4) is 5.75 Å². The maximum atomic E-state index is 13.3. The number of imidazole rings is 1. The van der Waals surface area contributed by atoms with Crippen molar-refractivity contribution in [1.29, 1.82) is 0 Å². The summed E-state index contributed by atoms with van der Waals surface area (Å²) in [7, 11) is 0. The summed E-state index contributed by atoms with van der Waals surface area (Å²) < 4.78 is 5.63. The van der Waals surface area contributed by atoms with E-state index in [1.807, 2.05) is 11.0 Å². The Morgan fingerprint density at radius 2 is 2.07 bits per heavy atom. The number of hydrogen-bond acceptors (Lipinski definition) is 5. The van der Waals surface area contributed by atoms with E-state index in [0.29, 0.717) is 37.7 Å². The first-order valence-electron chi connectivity index (χ1n) is 9.89. The van der Waals surface area contributed by atoms with E-state index in [9.17, 15) is 4.79 Å². The largest absolute Gasteiger partial charge is 0.490 e. The number of fused-ring (bicyclic) bond motifs is 1. The Kier molecular flexibility index (Phi) is 5.86. The predicted molar refractivity (Wildman–Crippen MR) is 110 cm³/mol. The zero-order valence-electron chi connectivity index (χ0n) is 16.3. The topological polar surface area (TPSA) is 97.1 Å². The predicted octanol–water partition coefficient (Wildman–Crippen LogP) is 2.51. The number of aryl methyl sites for hydroxylation is 1. The number of pyridine rings is 1. The van der Waals surface area contributed by atoms with Crippen LogP contribution in [0.4, 0.5) is 0 Å². The third kappa shape index (κ3) is 4.30. The van der Waals surface area contributed by atoms with Crippen LogP contribution in [-0.4, -0.2) is 45.5 Å². The minimum Gasteiger partial charge on any atom is -0.490 e. The van der Waals surface area contributed by atoms with Gasteiger partial charge in [0.05, 0.1) is 24.3 Å². The molecule has 1 amide bonds. The molecule has 0 saturated heterocycles. The highest BCUT2D eigenvalue weighted by Gasteiger charge is 2.32. The van der Waals surface area contributed by atoms with Crippen molar-refractivity contribution in [3.63, 3.8) is 0 Å². The zero-order valence-corrected chi connectivity index (χ0v) is 16.3. The number of carbonyl (C=O) groups excluding carboxylic acids is 1. The van der Waals surface area contributed by atoms with Crippen molar-refractivity contribution in [1.82, 2.24) is 19.9 Å². The fourth-order valence-electron chi connectivity index (χ4n) is 3.77. The van der Waals surface area contributed by atoms with Gasteiger partial charge in [-0.05, 0) is 30.5 Å². The zero-order chi connectivity index (χ0) is 20.1. The molecule has 0 aliphatic carbocycles. The van der Waals surface area contributed by atoms with E-state index in [-0.39, 0.29) is 11.8 Å². The fraction of sp³-hybridized carbons (Fsp3) is 0.318. The van der Waals surface area contributed by atoms with Gasteiger partial charge in [0, 0.05) is 25.2 Å². The molecule has 1 atom stereocenters. The number of rotatable bonds is 7. The van der Waals surface area contributed by atoms with E-state index in [2.05, 4.69) is 39.2 Å². The van der Waals surface area contributed by atoms with Gasteiger partial charge in [-0.15, -0.1) is 0 Å². The lowest BCUT2D eigenvalue weighted by Gasteiger charge is -2.32. The third-order valence-corrected chi connectivity index (χ3v) is 5.19. The van der Waals surface area contributed by atoms with Crippen molar-refractivity contribution in [2.24, 2.45) is 5.73 Å². The van der Waals surface area contributed by atoms with E-state index < -0.39 is 0 Å². The number of amides is 1. The molecule has 0 fully saturated rings. The summed E-state index contributed by atoms with van der Waals surface area (Å²) in [6, 6.07) is 13.9. The fourth-order valence-corrected chi connectivity index (χ4v) is 3.77. The summed E-state index contributed by atoms with van der Waals surface area (Å²) in [6.07, 6.45) is 5.18. The van der Waals surface area contributed by atoms with Gasteiger partial charge in [-0.1, -0.05) is 30.3 Å². The second-order valence-corrected chi connectivity index (χ2v) is 7.16. The molecule has 0 saturated carbocycles. The second-order valence-electron chi connectivity index (χ2n) is 7.16. The van der Waals surface area contributed by atoms with Crippen molar-refractivity contribution < 1.29 is 9.53 Å². The van der Waals surface area contributed by atoms with E-state index in [1.54, 1.807) is 24.7 Å². The van der Waals surface area contributed by atoms with Gasteiger partial charge >= 0.3 is 0 Å². The SMILES string of the molecule is NCCOc1cccnc1C(=O)N1Cc2[nH]cnc2C(CCc2ccccc2)C1. The number of nitrogens with two attached hydrogens (primary N) is 1. The van der Waals surface area contributed by atoms with Gasteiger partial charge in [0.15, 0.2) is 11.4 Å². The number of hydrogen-bond donors (Lipinski definition) is 2.